The average Bonchev–Trinajstić information content (AvgIpc) is 3.18. The summed E-state index contributed by atoms with van der Waals surface area (Å²) >= 11 is 0. The smallest absolute Gasteiger partial charge is 0.275 e. The van der Waals surface area contributed by atoms with Gasteiger partial charge in [0, 0.05) is 23.5 Å². The number of methoxy groups -OCH3 is 1. The molecule has 4 rings (SSSR count). The maximum absolute atomic E-state index is 12.9. The molecule has 0 saturated carbocycles. The number of aryl methyl sites for hydroxylation is 2. The molecule has 0 aliphatic heterocycles. The summed E-state index contributed by atoms with van der Waals surface area (Å²) in [6.07, 6.45) is 1.41. The van der Waals surface area contributed by atoms with E-state index in [0.717, 1.165) is 11.4 Å². The van der Waals surface area contributed by atoms with E-state index in [2.05, 4.69) is 15.4 Å². The number of ether oxygens (including phenoxy) is 2. The summed E-state index contributed by atoms with van der Waals surface area (Å²) < 4.78 is 12.6. The molecule has 2 aromatic heterocycles. The highest BCUT2D eigenvalue weighted by atomic mass is 16.6. The molecule has 0 radical (unpaired) electrons. The lowest BCUT2D eigenvalue weighted by atomic mass is 10.2. The summed E-state index contributed by atoms with van der Waals surface area (Å²) in [5.41, 5.74) is 2.17. The third-order valence-corrected chi connectivity index (χ3v) is 4.68. The van der Waals surface area contributed by atoms with Crippen LogP contribution in [0.3, 0.4) is 0 Å². The molecule has 0 unspecified atom stereocenters. The lowest BCUT2D eigenvalue weighted by molar-refractivity contribution is -0.384. The molecule has 2 heterocycles. The number of amides is 1. The molecule has 0 fully saturated rings. The Bertz CT molecular complexity index is 1350. The fourth-order valence-electron chi connectivity index (χ4n) is 3.28. The van der Waals surface area contributed by atoms with E-state index < -0.39 is 10.8 Å². The van der Waals surface area contributed by atoms with Crippen molar-refractivity contribution in [1.29, 1.82) is 0 Å². The molecule has 0 aliphatic carbocycles. The summed E-state index contributed by atoms with van der Waals surface area (Å²) in [6, 6.07) is 12.8. The van der Waals surface area contributed by atoms with E-state index in [1.54, 1.807) is 28.8 Å². The SMILES string of the molecule is COc1ccccc1Oc1cc(NC(=O)c2cnn3c(C)cc(C)nc23)cc([N+](=O)[O-])c1. The number of fused-ring (bicyclic) bond motifs is 1. The Morgan fingerprint density at radius 2 is 1.88 bits per heavy atom. The molecule has 162 valence electrons. The Morgan fingerprint density at radius 3 is 2.59 bits per heavy atom. The maximum atomic E-state index is 12.9. The van der Waals surface area contributed by atoms with Crippen LogP contribution >= 0.6 is 0 Å². The van der Waals surface area contributed by atoms with Gasteiger partial charge in [0.15, 0.2) is 17.1 Å². The van der Waals surface area contributed by atoms with Crippen molar-refractivity contribution in [3.05, 3.63) is 81.8 Å². The standard InChI is InChI=1S/C22H19N5O5/c1-13-8-14(2)26-21(24-13)18(12-23-26)22(28)25-15-9-16(27(29)30)11-17(10-15)32-20-7-5-4-6-19(20)31-3/h4-12H,1-3H3,(H,25,28). The van der Waals surface area contributed by atoms with E-state index in [4.69, 9.17) is 9.47 Å². The van der Waals surface area contributed by atoms with Crippen LogP contribution in [0, 0.1) is 24.0 Å². The second kappa shape index (κ2) is 8.34. The van der Waals surface area contributed by atoms with Gasteiger partial charge >= 0.3 is 0 Å². The number of carbonyl (C=O) groups excluding carboxylic acids is 1. The van der Waals surface area contributed by atoms with Gasteiger partial charge in [-0.25, -0.2) is 9.50 Å². The summed E-state index contributed by atoms with van der Waals surface area (Å²) in [4.78, 5) is 28.2. The van der Waals surface area contributed by atoms with Gasteiger partial charge in [0.25, 0.3) is 11.6 Å². The molecule has 0 atom stereocenters. The summed E-state index contributed by atoms with van der Waals surface area (Å²) in [7, 11) is 1.50. The quantitative estimate of drug-likeness (QED) is 0.355. The molecule has 4 aromatic rings. The van der Waals surface area contributed by atoms with Crippen LogP contribution in [0.15, 0.2) is 54.7 Å². The number of benzene rings is 2. The number of hydrogen-bond donors (Lipinski definition) is 1. The molecular formula is C22H19N5O5. The van der Waals surface area contributed by atoms with Gasteiger partial charge in [-0.15, -0.1) is 0 Å². The summed E-state index contributed by atoms with van der Waals surface area (Å²) in [5, 5.41) is 18.3. The van der Waals surface area contributed by atoms with Gasteiger partial charge in [-0.2, -0.15) is 5.10 Å². The minimum atomic E-state index is -0.561. The topological polar surface area (TPSA) is 121 Å². The van der Waals surface area contributed by atoms with Crippen molar-refractivity contribution in [2.75, 3.05) is 12.4 Å². The van der Waals surface area contributed by atoms with Gasteiger partial charge in [-0.1, -0.05) is 12.1 Å². The Kier molecular flexibility index (Phi) is 5.42. The van der Waals surface area contributed by atoms with E-state index in [0.29, 0.717) is 17.1 Å². The first-order valence-corrected chi connectivity index (χ1v) is 9.59. The van der Waals surface area contributed by atoms with Crippen LogP contribution in [0.4, 0.5) is 11.4 Å². The molecule has 1 amide bonds. The van der Waals surface area contributed by atoms with Crippen LogP contribution in [0.25, 0.3) is 5.65 Å². The monoisotopic (exact) mass is 433 g/mol. The Morgan fingerprint density at radius 1 is 1.12 bits per heavy atom. The van der Waals surface area contributed by atoms with Crippen LogP contribution in [-0.2, 0) is 0 Å². The number of nitro benzene ring substituents is 1. The molecule has 32 heavy (non-hydrogen) atoms. The summed E-state index contributed by atoms with van der Waals surface area (Å²) in [6.45, 7) is 3.68. The number of anilines is 1. The molecule has 2 aromatic carbocycles. The number of nitrogens with one attached hydrogen (secondary N) is 1. The Labute approximate surface area is 182 Å². The van der Waals surface area contributed by atoms with Crippen LogP contribution in [-0.4, -0.2) is 32.5 Å². The average molecular weight is 433 g/mol. The predicted molar refractivity (Wildman–Crippen MR) is 117 cm³/mol. The first kappa shape index (κ1) is 20.8. The van der Waals surface area contributed by atoms with Gasteiger partial charge in [0.1, 0.15) is 11.3 Å². The first-order valence-electron chi connectivity index (χ1n) is 9.59. The van der Waals surface area contributed by atoms with Gasteiger partial charge in [-0.3, -0.25) is 14.9 Å². The van der Waals surface area contributed by atoms with E-state index in [9.17, 15) is 14.9 Å². The highest BCUT2D eigenvalue weighted by molar-refractivity contribution is 6.08. The van der Waals surface area contributed by atoms with E-state index >= 15 is 0 Å². The lowest BCUT2D eigenvalue weighted by Crippen LogP contribution is -2.12. The molecule has 10 heteroatoms. The highest BCUT2D eigenvalue weighted by Gasteiger charge is 2.18. The van der Waals surface area contributed by atoms with Crippen molar-refractivity contribution in [2.24, 2.45) is 0 Å². The van der Waals surface area contributed by atoms with Crippen LogP contribution in [0.1, 0.15) is 21.7 Å². The van der Waals surface area contributed by atoms with Crippen LogP contribution < -0.4 is 14.8 Å². The van der Waals surface area contributed by atoms with Crippen molar-refractivity contribution in [2.45, 2.75) is 13.8 Å². The third-order valence-electron chi connectivity index (χ3n) is 4.68. The number of non-ortho nitro benzene ring substituents is 1. The maximum Gasteiger partial charge on any atom is 0.275 e. The van der Waals surface area contributed by atoms with Crippen LogP contribution in [0.2, 0.25) is 0 Å². The van der Waals surface area contributed by atoms with E-state index in [1.807, 2.05) is 19.9 Å². The predicted octanol–water partition coefficient (Wildman–Crippen LogP) is 4.31. The van der Waals surface area contributed by atoms with Crippen LogP contribution in [0.5, 0.6) is 17.2 Å². The highest BCUT2D eigenvalue weighted by Crippen LogP contribution is 2.34. The number of nitrogens with zero attached hydrogens (tertiary/aromatic N) is 4. The Balaban J connectivity index is 1.68. The number of hydrogen-bond acceptors (Lipinski definition) is 7. The number of para-hydroxylation sites is 2. The summed E-state index contributed by atoms with van der Waals surface area (Å²) in [5.74, 6) is 0.517. The molecule has 1 N–H and O–H groups in total. The van der Waals surface area contributed by atoms with Gasteiger partial charge in [0.2, 0.25) is 0 Å². The molecule has 0 aliphatic rings. The molecule has 10 nitrogen and oxygen atoms in total. The molecular weight excluding hydrogens is 414 g/mol. The van der Waals surface area contributed by atoms with Crippen molar-refractivity contribution < 1.29 is 19.2 Å². The normalized spacial score (nSPS) is 10.7. The lowest BCUT2D eigenvalue weighted by Gasteiger charge is -2.11. The number of nitro groups is 1. The zero-order chi connectivity index (χ0) is 22.8. The van der Waals surface area contributed by atoms with E-state index in [1.165, 1.54) is 31.5 Å². The van der Waals surface area contributed by atoms with Gasteiger partial charge < -0.3 is 14.8 Å². The zero-order valence-corrected chi connectivity index (χ0v) is 17.5. The molecule has 0 bridgehead atoms. The zero-order valence-electron chi connectivity index (χ0n) is 17.5. The fraction of sp³-hybridized carbons (Fsp3) is 0.136. The van der Waals surface area contributed by atoms with Crippen molar-refractivity contribution in [1.82, 2.24) is 14.6 Å². The minimum Gasteiger partial charge on any atom is -0.493 e. The fourth-order valence-corrected chi connectivity index (χ4v) is 3.28. The number of aromatic nitrogens is 3. The minimum absolute atomic E-state index is 0.170. The number of rotatable bonds is 6. The molecule has 0 spiro atoms. The first-order chi connectivity index (χ1) is 15.4. The molecule has 0 saturated heterocycles. The van der Waals surface area contributed by atoms with Crippen molar-refractivity contribution in [3.8, 4) is 17.2 Å². The van der Waals surface area contributed by atoms with Crippen molar-refractivity contribution >= 4 is 22.9 Å². The van der Waals surface area contributed by atoms with E-state index in [-0.39, 0.29) is 22.7 Å². The second-order valence-corrected chi connectivity index (χ2v) is 7.01. The second-order valence-electron chi connectivity index (χ2n) is 7.01. The van der Waals surface area contributed by atoms with Crippen molar-refractivity contribution in [3.63, 3.8) is 0 Å². The van der Waals surface area contributed by atoms with Gasteiger partial charge in [0.05, 0.1) is 30.0 Å². The third kappa shape index (κ3) is 4.06. The largest absolute Gasteiger partial charge is 0.493 e. The number of carbonyl (C=O) groups is 1. The van der Waals surface area contributed by atoms with Gasteiger partial charge in [-0.05, 0) is 32.0 Å². The Hall–Kier alpha value is -4.47.